The number of fused-ring (bicyclic) bond motifs is 1. The molecular weight excluding hydrogens is 220 g/mol. The van der Waals surface area contributed by atoms with E-state index in [9.17, 15) is 9.90 Å². The van der Waals surface area contributed by atoms with Gasteiger partial charge in [-0.05, 0) is 12.1 Å². The van der Waals surface area contributed by atoms with E-state index in [2.05, 4.69) is 10.1 Å². The molecule has 0 atom stereocenters. The third kappa shape index (κ3) is 2.31. The number of hydrogen-bond donors (Lipinski definition) is 3. The molecule has 2 rings (SSSR count). The number of hydrogen-bond acceptors (Lipinski definition) is 4. The van der Waals surface area contributed by atoms with Crippen molar-refractivity contribution in [1.82, 2.24) is 10.4 Å². The fourth-order valence-corrected chi connectivity index (χ4v) is 1.41. The molecule has 4 N–H and O–H groups in total. The Kier molecular flexibility index (Phi) is 2.87. The molecule has 6 heteroatoms. The van der Waals surface area contributed by atoms with Gasteiger partial charge in [-0.25, -0.2) is 10.2 Å². The summed E-state index contributed by atoms with van der Waals surface area (Å²) in [5, 5.41) is 14.3. The van der Waals surface area contributed by atoms with Gasteiger partial charge in [0.2, 0.25) is 0 Å². The fourth-order valence-electron chi connectivity index (χ4n) is 1.41. The maximum atomic E-state index is 10.4. The molecule has 2 amide bonds. The van der Waals surface area contributed by atoms with Crippen LogP contribution in [0.15, 0.2) is 35.6 Å². The van der Waals surface area contributed by atoms with Crippen LogP contribution in [0.5, 0.6) is 5.75 Å². The Morgan fingerprint density at radius 2 is 2.29 bits per heavy atom. The lowest BCUT2D eigenvalue weighted by atomic mass is 10.1. The molecule has 0 fully saturated rings. The number of urea groups is 1. The number of nitrogens with two attached hydrogens (primary N) is 1. The molecule has 0 unspecified atom stereocenters. The van der Waals surface area contributed by atoms with Crippen LogP contribution in [0.4, 0.5) is 4.79 Å². The monoisotopic (exact) mass is 230 g/mol. The standard InChI is InChI=1S/C11H10N4O2/c12-11(17)15-14-6-8-4-3-7-2-1-5-13-9(7)10(8)16/h1-6,16H,(H3,12,15,17). The first-order chi connectivity index (χ1) is 8.18. The number of nitrogens with one attached hydrogen (secondary N) is 1. The summed E-state index contributed by atoms with van der Waals surface area (Å²) in [5.74, 6) is 0.0121. The van der Waals surface area contributed by atoms with Crippen LogP contribution < -0.4 is 11.2 Å². The van der Waals surface area contributed by atoms with Crippen molar-refractivity contribution in [1.29, 1.82) is 0 Å². The summed E-state index contributed by atoms with van der Waals surface area (Å²) in [6.45, 7) is 0. The minimum absolute atomic E-state index is 0.0121. The highest BCUT2D eigenvalue weighted by molar-refractivity contribution is 5.95. The van der Waals surface area contributed by atoms with Gasteiger partial charge in [-0.2, -0.15) is 5.10 Å². The summed E-state index contributed by atoms with van der Waals surface area (Å²) in [6, 6.07) is 6.33. The number of hydrazone groups is 1. The lowest BCUT2D eigenvalue weighted by Gasteiger charge is -2.02. The summed E-state index contributed by atoms with van der Waals surface area (Å²) in [7, 11) is 0. The molecule has 6 nitrogen and oxygen atoms in total. The van der Waals surface area contributed by atoms with Crippen molar-refractivity contribution in [3.8, 4) is 5.75 Å². The summed E-state index contributed by atoms with van der Waals surface area (Å²) in [4.78, 5) is 14.5. The van der Waals surface area contributed by atoms with Crippen LogP contribution in [0.25, 0.3) is 10.9 Å². The normalized spacial score (nSPS) is 10.8. The van der Waals surface area contributed by atoms with Crippen LogP contribution >= 0.6 is 0 Å². The molecule has 0 aliphatic carbocycles. The number of aromatic hydroxyl groups is 1. The first-order valence-corrected chi connectivity index (χ1v) is 4.83. The van der Waals surface area contributed by atoms with Gasteiger partial charge in [-0.1, -0.05) is 12.1 Å². The molecule has 86 valence electrons. The topological polar surface area (TPSA) is 101 Å². The molecule has 0 aliphatic rings. The van der Waals surface area contributed by atoms with Gasteiger partial charge in [-0.15, -0.1) is 0 Å². The van der Waals surface area contributed by atoms with E-state index in [0.29, 0.717) is 11.1 Å². The number of nitrogens with zero attached hydrogens (tertiary/aromatic N) is 2. The second kappa shape index (κ2) is 4.48. The number of benzene rings is 1. The summed E-state index contributed by atoms with van der Waals surface area (Å²) < 4.78 is 0. The van der Waals surface area contributed by atoms with Crippen LogP contribution in [0.3, 0.4) is 0 Å². The molecule has 17 heavy (non-hydrogen) atoms. The van der Waals surface area contributed by atoms with E-state index in [1.165, 1.54) is 6.21 Å². The van der Waals surface area contributed by atoms with Crippen LogP contribution in [0.2, 0.25) is 0 Å². The first kappa shape index (κ1) is 10.9. The molecule has 0 saturated heterocycles. The Bertz CT molecular complexity index is 595. The van der Waals surface area contributed by atoms with Crippen molar-refractivity contribution in [2.45, 2.75) is 0 Å². The number of carbonyl (C=O) groups is 1. The molecule has 0 saturated carbocycles. The number of amides is 2. The van der Waals surface area contributed by atoms with Crippen molar-refractivity contribution in [2.24, 2.45) is 10.8 Å². The van der Waals surface area contributed by atoms with Crippen molar-refractivity contribution in [2.75, 3.05) is 0 Å². The number of pyridine rings is 1. The zero-order valence-electron chi connectivity index (χ0n) is 8.79. The Hall–Kier alpha value is -2.63. The summed E-state index contributed by atoms with van der Waals surface area (Å²) in [5.41, 5.74) is 7.82. The number of phenols is 1. The van der Waals surface area contributed by atoms with Gasteiger partial charge in [0.25, 0.3) is 0 Å². The summed E-state index contributed by atoms with van der Waals surface area (Å²) >= 11 is 0. The van der Waals surface area contributed by atoms with Crippen LogP contribution in [-0.2, 0) is 0 Å². The Labute approximate surface area is 96.8 Å². The molecule has 1 aromatic heterocycles. The van der Waals surface area contributed by atoms with Crippen molar-refractivity contribution >= 4 is 23.1 Å². The fraction of sp³-hybridized carbons (Fsp3) is 0. The Balaban J connectivity index is 2.39. The van der Waals surface area contributed by atoms with Crippen molar-refractivity contribution < 1.29 is 9.90 Å². The number of carbonyl (C=O) groups excluding carboxylic acids is 1. The zero-order valence-corrected chi connectivity index (χ0v) is 8.79. The molecular formula is C11H10N4O2. The van der Waals surface area contributed by atoms with Gasteiger partial charge in [-0.3, -0.25) is 4.98 Å². The lowest BCUT2D eigenvalue weighted by molar-refractivity contribution is 0.249. The average molecular weight is 230 g/mol. The van der Waals surface area contributed by atoms with Gasteiger partial charge in [0, 0.05) is 17.1 Å². The number of phenolic OH excluding ortho intramolecular Hbond substituents is 1. The second-order valence-corrected chi connectivity index (χ2v) is 3.31. The van der Waals surface area contributed by atoms with E-state index < -0.39 is 6.03 Å². The smallest absolute Gasteiger partial charge is 0.332 e. The van der Waals surface area contributed by atoms with Crippen molar-refractivity contribution in [3.05, 3.63) is 36.0 Å². The second-order valence-electron chi connectivity index (χ2n) is 3.31. The highest BCUT2D eigenvalue weighted by atomic mass is 16.3. The van der Waals surface area contributed by atoms with E-state index in [4.69, 9.17) is 5.73 Å². The van der Waals surface area contributed by atoms with E-state index in [-0.39, 0.29) is 5.75 Å². The summed E-state index contributed by atoms with van der Waals surface area (Å²) in [6.07, 6.45) is 2.89. The maximum Gasteiger partial charge on any atom is 0.332 e. The number of rotatable bonds is 2. The van der Waals surface area contributed by atoms with Gasteiger partial charge < -0.3 is 10.8 Å². The van der Waals surface area contributed by atoms with Gasteiger partial charge in [0.05, 0.1) is 6.21 Å². The SMILES string of the molecule is NC(=O)NN=Cc1ccc2cccnc2c1O. The van der Waals surface area contributed by atoms with Gasteiger partial charge in [0.1, 0.15) is 5.52 Å². The molecule has 0 aliphatic heterocycles. The predicted octanol–water partition coefficient (Wildman–Crippen LogP) is 0.943. The third-order valence-corrected chi connectivity index (χ3v) is 2.16. The average Bonchev–Trinajstić information content (AvgIpc) is 2.32. The highest BCUT2D eigenvalue weighted by Gasteiger charge is 2.04. The maximum absolute atomic E-state index is 10.4. The molecule has 0 bridgehead atoms. The van der Waals surface area contributed by atoms with Crippen molar-refractivity contribution in [3.63, 3.8) is 0 Å². The van der Waals surface area contributed by atoms with E-state index in [1.807, 2.05) is 11.5 Å². The predicted molar refractivity (Wildman–Crippen MR) is 63.7 cm³/mol. The van der Waals surface area contributed by atoms with E-state index in [0.717, 1.165) is 5.39 Å². The van der Waals surface area contributed by atoms with Crippen LogP contribution in [-0.4, -0.2) is 22.3 Å². The quantitative estimate of drug-likeness (QED) is 0.528. The molecule has 1 aromatic carbocycles. The van der Waals surface area contributed by atoms with Gasteiger partial charge in [0.15, 0.2) is 5.75 Å². The molecule has 2 aromatic rings. The third-order valence-electron chi connectivity index (χ3n) is 2.16. The molecule has 1 heterocycles. The van der Waals surface area contributed by atoms with E-state index in [1.54, 1.807) is 24.4 Å². The van der Waals surface area contributed by atoms with E-state index >= 15 is 0 Å². The lowest BCUT2D eigenvalue weighted by Crippen LogP contribution is -2.24. The Morgan fingerprint density at radius 3 is 3.06 bits per heavy atom. The molecule has 0 radical (unpaired) electrons. The largest absolute Gasteiger partial charge is 0.505 e. The Morgan fingerprint density at radius 1 is 1.47 bits per heavy atom. The number of primary amides is 1. The first-order valence-electron chi connectivity index (χ1n) is 4.83. The highest BCUT2D eigenvalue weighted by Crippen LogP contribution is 2.25. The van der Waals surface area contributed by atoms with Crippen LogP contribution in [0.1, 0.15) is 5.56 Å². The van der Waals surface area contributed by atoms with Crippen LogP contribution in [0, 0.1) is 0 Å². The number of aromatic nitrogens is 1. The minimum atomic E-state index is -0.764. The molecule has 0 spiro atoms. The zero-order chi connectivity index (χ0) is 12.3. The minimum Gasteiger partial charge on any atom is -0.505 e. The van der Waals surface area contributed by atoms with Gasteiger partial charge >= 0.3 is 6.03 Å².